The van der Waals surface area contributed by atoms with Crippen molar-refractivity contribution < 1.29 is 17.3 Å². The van der Waals surface area contributed by atoms with Crippen molar-refractivity contribution in [2.75, 3.05) is 0 Å². The molecule has 0 bridgehead atoms. The van der Waals surface area contributed by atoms with Crippen LogP contribution >= 0.6 is 19.0 Å². The molecule has 0 fully saturated rings. The molecule has 0 aliphatic carbocycles. The van der Waals surface area contributed by atoms with Crippen molar-refractivity contribution >= 4 is 19.0 Å². The average molecular weight is 349 g/mol. The fourth-order valence-electron chi connectivity index (χ4n) is 0. The molecule has 0 rings (SSSR count). The number of rotatable bonds is 2. The van der Waals surface area contributed by atoms with Gasteiger partial charge in [-0.25, -0.2) is 0 Å². The van der Waals surface area contributed by atoms with Crippen LogP contribution in [0.5, 0.6) is 0 Å². The number of hydrogen-bond donors (Lipinski definition) is 0. The van der Waals surface area contributed by atoms with Gasteiger partial charge >= 0.3 is 36.3 Å². The van der Waals surface area contributed by atoms with E-state index in [1.807, 2.05) is 19.0 Å². The summed E-state index contributed by atoms with van der Waals surface area (Å²) in [6.45, 7) is 8.36. The van der Waals surface area contributed by atoms with Crippen LogP contribution in [0, 0.1) is 12.8 Å². The predicted molar refractivity (Wildman–Crippen MR) is 54.6 cm³/mol. The van der Waals surface area contributed by atoms with E-state index in [-0.39, 0.29) is 0 Å². The zero-order chi connectivity index (χ0) is 8.83. The van der Waals surface area contributed by atoms with E-state index >= 15 is 0 Å². The maximum atomic E-state index is 2.92. The van der Waals surface area contributed by atoms with Crippen molar-refractivity contribution in [1.29, 1.82) is 0 Å². The van der Waals surface area contributed by atoms with Crippen LogP contribution in [0.2, 0.25) is 0 Å². The Kier molecular flexibility index (Phi) is 55.0. The Morgan fingerprint density at radius 1 is 1.00 bits per heavy atom. The summed E-state index contributed by atoms with van der Waals surface area (Å²) in [5, 5.41) is 0. The Morgan fingerprint density at radius 3 is 1.10 bits per heavy atom. The van der Waals surface area contributed by atoms with Gasteiger partial charge in [0.2, 0.25) is 0 Å². The van der Waals surface area contributed by atoms with E-state index in [1.54, 1.807) is 0 Å². The van der Waals surface area contributed by atoms with Gasteiger partial charge in [-0.05, 0) is 0 Å². The van der Waals surface area contributed by atoms with Crippen molar-refractivity contribution in [1.82, 2.24) is 0 Å². The summed E-state index contributed by atoms with van der Waals surface area (Å²) >= 11 is 4.88. The first kappa shape index (κ1) is 17.5. The second-order valence-corrected chi connectivity index (χ2v) is 1.63. The van der Waals surface area contributed by atoms with Crippen LogP contribution in [0.15, 0.2) is 0 Å². The van der Waals surface area contributed by atoms with Gasteiger partial charge in [0.15, 0.2) is 0 Å². The molecule has 0 unspecified atom stereocenters. The Bertz CT molecular complexity index is 17.2. The topological polar surface area (TPSA) is 0 Å². The second kappa shape index (κ2) is 31.4. The fraction of sp³-hybridized carbons (Fsp3) is 0.750. The van der Waals surface area contributed by atoms with Gasteiger partial charge < -0.3 is 12.8 Å². The minimum absolute atomic E-state index is 1.19. The molecular weight excluding hydrogens is 331 g/mol. The van der Waals surface area contributed by atoms with Crippen molar-refractivity contribution in [2.24, 2.45) is 0 Å². The van der Waals surface area contributed by atoms with Gasteiger partial charge in [0.25, 0.3) is 0 Å². The molecule has 0 aliphatic rings. The van der Waals surface area contributed by atoms with Crippen molar-refractivity contribution in [3.05, 3.63) is 12.8 Å². The van der Waals surface area contributed by atoms with Crippen LogP contribution in [0.1, 0.15) is 40.5 Å². The van der Waals surface area contributed by atoms with E-state index in [4.69, 9.17) is 0 Å². The third kappa shape index (κ3) is 56.4. The third-order valence-corrected chi connectivity index (χ3v) is 0.816. The molecule has 0 radical (unpaired) electrons. The van der Waals surface area contributed by atoms with Gasteiger partial charge in [-0.1, -0.05) is 13.8 Å². The van der Waals surface area contributed by atoms with E-state index in [0.29, 0.717) is 0 Å². The minimum atomic E-state index is 1.19. The number of unbranched alkanes of at least 4 members (excludes halogenated alkanes) is 2. The molecule has 0 aliphatic heterocycles. The molecule has 0 aromatic rings. The standard InChI is InChI=1S/2C4H9.Ag.HI/c2*1-3-4-2;;/h2*3H,4H2,1-2H3;;1H/q2*-1;+1;/p-1. The van der Waals surface area contributed by atoms with Crippen LogP contribution in [0.4, 0.5) is 0 Å². The molecular formula is C8H18AgI-2. The van der Waals surface area contributed by atoms with Crippen molar-refractivity contribution in [3.63, 3.8) is 0 Å². The number of halogens is 1. The van der Waals surface area contributed by atoms with Crippen LogP contribution in [0.25, 0.3) is 0 Å². The molecule has 10 heavy (non-hydrogen) atoms. The number of hydrogen-bond acceptors (Lipinski definition) is 0. The Morgan fingerprint density at radius 2 is 1.10 bits per heavy atom. The van der Waals surface area contributed by atoms with Crippen molar-refractivity contribution in [3.8, 4) is 0 Å². The molecule has 0 nitrogen and oxygen atoms in total. The molecule has 0 N–H and O–H groups in total. The normalized spacial score (nSPS) is 6.70. The molecule has 0 saturated heterocycles. The summed E-state index contributed by atoms with van der Waals surface area (Å²) in [4.78, 5) is 0. The molecule has 0 heterocycles. The summed E-state index contributed by atoms with van der Waals surface area (Å²) in [5.74, 6) is 0. The predicted octanol–water partition coefficient (Wildman–Crippen LogP) is 4.12. The van der Waals surface area contributed by atoms with Gasteiger partial charge in [0.05, 0.1) is 0 Å². The molecule has 0 atom stereocenters. The van der Waals surface area contributed by atoms with Gasteiger partial charge in [-0.3, -0.25) is 0 Å². The SMILES string of the molecule is C[CH-]CC.C[CH-]CC.[Ag][I]. The van der Waals surface area contributed by atoms with Crippen LogP contribution < -0.4 is 0 Å². The summed E-state index contributed by atoms with van der Waals surface area (Å²) in [6, 6.07) is 0. The molecule has 0 aromatic carbocycles. The van der Waals surface area contributed by atoms with E-state index in [1.165, 1.54) is 12.8 Å². The first-order valence-corrected chi connectivity index (χ1v) is 7.91. The first-order valence-electron chi connectivity index (χ1n) is 3.50. The van der Waals surface area contributed by atoms with Gasteiger partial charge in [-0.15, -0.1) is 0 Å². The van der Waals surface area contributed by atoms with E-state index < -0.39 is 0 Å². The summed E-state index contributed by atoms with van der Waals surface area (Å²) in [5.41, 5.74) is 0. The molecule has 0 spiro atoms. The quantitative estimate of drug-likeness (QED) is 0.400. The second-order valence-electron chi connectivity index (χ2n) is 1.63. The fourth-order valence-corrected chi connectivity index (χ4v) is 0. The van der Waals surface area contributed by atoms with E-state index in [9.17, 15) is 0 Å². The first-order chi connectivity index (χ1) is 4.83. The van der Waals surface area contributed by atoms with Gasteiger partial charge in [-0.2, -0.15) is 26.7 Å². The molecule has 70 valence electrons. The molecule has 0 saturated carbocycles. The van der Waals surface area contributed by atoms with Crippen LogP contribution in [0.3, 0.4) is 0 Å². The zero-order valence-electron chi connectivity index (χ0n) is 7.25. The Labute approximate surface area is 89.0 Å². The summed E-state index contributed by atoms with van der Waals surface area (Å²) < 4.78 is 0. The molecule has 2 heteroatoms. The third-order valence-electron chi connectivity index (χ3n) is 0.816. The molecule has 0 aromatic heterocycles. The van der Waals surface area contributed by atoms with Crippen molar-refractivity contribution in [2.45, 2.75) is 40.5 Å². The summed E-state index contributed by atoms with van der Waals surface area (Å²) in [7, 11) is 0. The van der Waals surface area contributed by atoms with Gasteiger partial charge in [0, 0.05) is 0 Å². The Hall–Kier alpha value is 1.47. The zero-order valence-corrected chi connectivity index (χ0v) is 10.9. The van der Waals surface area contributed by atoms with Crippen LogP contribution in [-0.2, 0) is 17.3 Å². The summed E-state index contributed by atoms with van der Waals surface area (Å²) in [6.07, 6.45) is 6.64. The molecule has 0 amide bonds. The maximum absolute atomic E-state index is 2.92. The average Bonchev–Trinajstić information content (AvgIpc) is 2.08. The van der Waals surface area contributed by atoms with Crippen LogP contribution in [-0.4, -0.2) is 0 Å². The van der Waals surface area contributed by atoms with Gasteiger partial charge in [0.1, 0.15) is 0 Å². The Balaban J connectivity index is -0.0000000787. The monoisotopic (exact) mass is 348 g/mol. The van der Waals surface area contributed by atoms with E-state index in [0.717, 1.165) is 0 Å². The van der Waals surface area contributed by atoms with E-state index in [2.05, 4.69) is 57.8 Å².